The molecule has 1 atom stereocenters. The molecule has 0 aromatic heterocycles. The predicted octanol–water partition coefficient (Wildman–Crippen LogP) is 3.20. The van der Waals surface area contributed by atoms with Gasteiger partial charge in [0, 0.05) is 13.1 Å². The molecule has 2 amide bonds. The number of nitrogens with zero attached hydrogens (tertiary/aromatic N) is 1. The molecule has 1 fully saturated rings. The van der Waals surface area contributed by atoms with Crippen LogP contribution in [0.3, 0.4) is 0 Å². The van der Waals surface area contributed by atoms with Crippen LogP contribution in [0.15, 0.2) is 42.5 Å². The number of amides is 2. The summed E-state index contributed by atoms with van der Waals surface area (Å²) in [5.41, 5.74) is 7.25. The van der Waals surface area contributed by atoms with Gasteiger partial charge >= 0.3 is 0 Å². The van der Waals surface area contributed by atoms with E-state index in [0.717, 1.165) is 12.0 Å². The van der Waals surface area contributed by atoms with Gasteiger partial charge < -0.3 is 16.0 Å². The monoisotopic (exact) mass is 369 g/mol. The summed E-state index contributed by atoms with van der Waals surface area (Å²) in [6.45, 7) is 5.60. The Kier molecular flexibility index (Phi) is 5.28. The van der Waals surface area contributed by atoms with Gasteiger partial charge in [-0.3, -0.25) is 9.59 Å². The standard InChI is InChI=1S/C21H24FN3O2/c1-14-6-5-8-16(20(27)25-11-10-21(2,12-23)13-25)18(14)24-19(26)15-7-3-4-9-17(15)22/h3-9H,10-13,23H2,1-2H3,(H,24,26). The first-order valence-corrected chi connectivity index (χ1v) is 8.99. The molecule has 0 aliphatic carbocycles. The van der Waals surface area contributed by atoms with Crippen molar-refractivity contribution in [1.29, 1.82) is 0 Å². The Balaban J connectivity index is 1.88. The Labute approximate surface area is 158 Å². The van der Waals surface area contributed by atoms with E-state index in [2.05, 4.69) is 12.2 Å². The van der Waals surface area contributed by atoms with Crippen molar-refractivity contribution < 1.29 is 14.0 Å². The van der Waals surface area contributed by atoms with Crippen LogP contribution in [0.4, 0.5) is 10.1 Å². The maximum atomic E-state index is 13.9. The smallest absolute Gasteiger partial charge is 0.258 e. The molecule has 1 heterocycles. The molecule has 0 spiro atoms. The average molecular weight is 369 g/mol. The minimum atomic E-state index is -0.602. The third-order valence-corrected chi connectivity index (χ3v) is 5.20. The minimum Gasteiger partial charge on any atom is -0.338 e. The number of carbonyl (C=O) groups excluding carboxylic acids is 2. The number of aryl methyl sites for hydroxylation is 1. The molecule has 3 N–H and O–H groups in total. The lowest BCUT2D eigenvalue weighted by molar-refractivity contribution is 0.0778. The van der Waals surface area contributed by atoms with Crippen molar-refractivity contribution in [3.8, 4) is 0 Å². The van der Waals surface area contributed by atoms with E-state index >= 15 is 0 Å². The number of nitrogens with one attached hydrogen (secondary N) is 1. The van der Waals surface area contributed by atoms with E-state index in [1.54, 1.807) is 23.1 Å². The molecule has 1 unspecified atom stereocenters. The van der Waals surface area contributed by atoms with Crippen LogP contribution in [-0.4, -0.2) is 36.3 Å². The number of carbonyl (C=O) groups is 2. The summed E-state index contributed by atoms with van der Waals surface area (Å²) in [5, 5.41) is 2.72. The molecule has 6 heteroatoms. The van der Waals surface area contributed by atoms with Gasteiger partial charge in [0.25, 0.3) is 11.8 Å². The van der Waals surface area contributed by atoms with E-state index in [9.17, 15) is 14.0 Å². The van der Waals surface area contributed by atoms with Crippen molar-refractivity contribution in [3.05, 3.63) is 65.0 Å². The summed E-state index contributed by atoms with van der Waals surface area (Å²) < 4.78 is 13.9. The average Bonchev–Trinajstić information content (AvgIpc) is 3.06. The maximum Gasteiger partial charge on any atom is 0.258 e. The third kappa shape index (κ3) is 3.85. The number of benzene rings is 2. The molecule has 1 saturated heterocycles. The van der Waals surface area contributed by atoms with Crippen molar-refractivity contribution in [2.75, 3.05) is 25.0 Å². The van der Waals surface area contributed by atoms with Crippen molar-refractivity contribution in [1.82, 2.24) is 4.90 Å². The molecule has 2 aromatic rings. The molecule has 0 radical (unpaired) electrons. The summed E-state index contributed by atoms with van der Waals surface area (Å²) in [5.74, 6) is -1.33. The number of hydrogen-bond donors (Lipinski definition) is 2. The quantitative estimate of drug-likeness (QED) is 0.869. The molecule has 0 saturated carbocycles. The highest BCUT2D eigenvalue weighted by molar-refractivity contribution is 6.09. The Morgan fingerprint density at radius 2 is 1.89 bits per heavy atom. The second-order valence-corrected chi connectivity index (χ2v) is 7.42. The van der Waals surface area contributed by atoms with Crippen LogP contribution in [0, 0.1) is 18.2 Å². The van der Waals surface area contributed by atoms with Gasteiger partial charge in [0.2, 0.25) is 0 Å². The van der Waals surface area contributed by atoms with Crippen molar-refractivity contribution in [2.24, 2.45) is 11.1 Å². The number of anilines is 1. The first kappa shape index (κ1) is 19.0. The van der Waals surface area contributed by atoms with Gasteiger partial charge in [0.1, 0.15) is 5.82 Å². The zero-order valence-electron chi connectivity index (χ0n) is 15.6. The zero-order chi connectivity index (χ0) is 19.6. The van der Waals surface area contributed by atoms with Gasteiger partial charge in [-0.1, -0.05) is 31.2 Å². The number of likely N-dealkylation sites (tertiary alicyclic amines) is 1. The van der Waals surface area contributed by atoms with Crippen molar-refractivity contribution in [2.45, 2.75) is 20.3 Å². The highest BCUT2D eigenvalue weighted by Crippen LogP contribution is 2.31. The fourth-order valence-electron chi connectivity index (χ4n) is 3.37. The summed E-state index contributed by atoms with van der Waals surface area (Å²) in [7, 11) is 0. The molecule has 5 nitrogen and oxygen atoms in total. The molecular weight excluding hydrogens is 345 g/mol. The van der Waals surface area contributed by atoms with E-state index in [-0.39, 0.29) is 16.9 Å². The second-order valence-electron chi connectivity index (χ2n) is 7.42. The topological polar surface area (TPSA) is 75.4 Å². The summed E-state index contributed by atoms with van der Waals surface area (Å²) in [6.07, 6.45) is 0.845. The van der Waals surface area contributed by atoms with Gasteiger partial charge in [0.05, 0.1) is 16.8 Å². The van der Waals surface area contributed by atoms with Crippen molar-refractivity contribution in [3.63, 3.8) is 0 Å². The highest BCUT2D eigenvalue weighted by atomic mass is 19.1. The zero-order valence-corrected chi connectivity index (χ0v) is 15.6. The number of nitrogens with two attached hydrogens (primary N) is 1. The largest absolute Gasteiger partial charge is 0.338 e. The van der Waals surface area contributed by atoms with Gasteiger partial charge in [-0.15, -0.1) is 0 Å². The molecule has 1 aliphatic heterocycles. The molecular formula is C21H24FN3O2. The van der Waals surface area contributed by atoms with Gasteiger partial charge in [0.15, 0.2) is 0 Å². The van der Waals surface area contributed by atoms with Gasteiger partial charge in [-0.05, 0) is 49.1 Å². The first-order valence-electron chi connectivity index (χ1n) is 8.99. The molecule has 3 rings (SSSR count). The highest BCUT2D eigenvalue weighted by Gasteiger charge is 2.36. The molecule has 2 aromatic carbocycles. The summed E-state index contributed by atoms with van der Waals surface area (Å²) in [4.78, 5) is 27.4. The first-order chi connectivity index (χ1) is 12.8. The third-order valence-electron chi connectivity index (χ3n) is 5.20. The minimum absolute atomic E-state index is 0.0592. The van der Waals surface area contributed by atoms with Gasteiger partial charge in [-0.2, -0.15) is 0 Å². The lowest BCUT2D eigenvalue weighted by Gasteiger charge is -2.23. The molecule has 27 heavy (non-hydrogen) atoms. The Morgan fingerprint density at radius 1 is 1.19 bits per heavy atom. The fraction of sp³-hybridized carbons (Fsp3) is 0.333. The molecule has 142 valence electrons. The lowest BCUT2D eigenvalue weighted by Crippen LogP contribution is -2.35. The van der Waals surface area contributed by atoms with Crippen LogP contribution in [0.1, 0.15) is 39.6 Å². The summed E-state index contributed by atoms with van der Waals surface area (Å²) >= 11 is 0. The van der Waals surface area contributed by atoms with Crippen LogP contribution in [-0.2, 0) is 0 Å². The second kappa shape index (κ2) is 7.48. The van der Waals surface area contributed by atoms with Gasteiger partial charge in [-0.25, -0.2) is 4.39 Å². The Morgan fingerprint density at radius 3 is 2.56 bits per heavy atom. The fourth-order valence-corrected chi connectivity index (χ4v) is 3.37. The Bertz CT molecular complexity index is 883. The van der Waals surface area contributed by atoms with Crippen LogP contribution in [0.25, 0.3) is 0 Å². The number of halogens is 1. The summed E-state index contributed by atoms with van der Waals surface area (Å²) in [6, 6.07) is 11.0. The predicted molar refractivity (Wildman–Crippen MR) is 103 cm³/mol. The van der Waals surface area contributed by atoms with E-state index in [4.69, 9.17) is 5.73 Å². The lowest BCUT2D eigenvalue weighted by atomic mass is 9.90. The molecule has 0 bridgehead atoms. The number of para-hydroxylation sites is 1. The van der Waals surface area contributed by atoms with E-state index in [0.29, 0.717) is 30.9 Å². The van der Waals surface area contributed by atoms with Crippen LogP contribution in [0.5, 0.6) is 0 Å². The van der Waals surface area contributed by atoms with Crippen LogP contribution >= 0.6 is 0 Å². The van der Waals surface area contributed by atoms with E-state index < -0.39 is 11.7 Å². The normalized spacial score (nSPS) is 19.2. The Hall–Kier alpha value is -2.73. The number of hydrogen-bond acceptors (Lipinski definition) is 3. The molecule has 1 aliphatic rings. The number of rotatable bonds is 4. The van der Waals surface area contributed by atoms with E-state index in [1.807, 2.05) is 13.0 Å². The SMILES string of the molecule is Cc1cccc(C(=O)N2CCC(C)(CN)C2)c1NC(=O)c1ccccc1F. The maximum absolute atomic E-state index is 13.9. The van der Waals surface area contributed by atoms with E-state index in [1.165, 1.54) is 18.2 Å². The van der Waals surface area contributed by atoms with Crippen LogP contribution < -0.4 is 11.1 Å². The van der Waals surface area contributed by atoms with Crippen LogP contribution in [0.2, 0.25) is 0 Å². The van der Waals surface area contributed by atoms with Crippen molar-refractivity contribution >= 4 is 17.5 Å².